The topological polar surface area (TPSA) is 61.7 Å². The molecule has 0 aromatic heterocycles. The predicted octanol–water partition coefficient (Wildman–Crippen LogP) is 4.63. The van der Waals surface area contributed by atoms with Gasteiger partial charge in [-0.2, -0.15) is 0 Å². The third-order valence-corrected chi connectivity index (χ3v) is 4.08. The summed E-state index contributed by atoms with van der Waals surface area (Å²) in [5, 5.41) is 12.8. The lowest BCUT2D eigenvalue weighted by molar-refractivity contribution is 0.0940. The Balaban J connectivity index is 1.80. The van der Waals surface area contributed by atoms with Crippen LogP contribution < -0.4 is 5.32 Å². The molecule has 3 rings (SSSR count). The van der Waals surface area contributed by atoms with Gasteiger partial charge in [-0.1, -0.05) is 54.6 Å². The molecule has 0 aliphatic rings. The molecule has 0 saturated carbocycles. The molecule has 0 heterocycles. The minimum Gasteiger partial charge on any atom is -0.507 e. The maximum absolute atomic E-state index is 12.7. The molecule has 2 N–H and O–H groups in total. The second kappa shape index (κ2) is 8.12. The number of benzene rings is 3. The van der Waals surface area contributed by atoms with E-state index in [2.05, 4.69) is 10.3 Å². The van der Waals surface area contributed by atoms with Gasteiger partial charge in [-0.3, -0.25) is 9.79 Å². The maximum atomic E-state index is 12.7. The summed E-state index contributed by atoms with van der Waals surface area (Å²) >= 11 is 0. The number of phenolic OH excluding ortho intramolecular Hbond substituents is 1. The Hall–Kier alpha value is -3.40. The third kappa shape index (κ3) is 4.16. The summed E-state index contributed by atoms with van der Waals surface area (Å²) in [7, 11) is 0. The molecular weight excluding hydrogens is 324 g/mol. The van der Waals surface area contributed by atoms with E-state index in [1.54, 1.807) is 42.6 Å². The molecular formula is C22H20N2O2. The van der Waals surface area contributed by atoms with Gasteiger partial charge in [0, 0.05) is 11.8 Å². The minimum absolute atomic E-state index is 0.112. The molecule has 0 fully saturated rings. The Labute approximate surface area is 152 Å². The number of phenols is 1. The second-order valence-corrected chi connectivity index (χ2v) is 5.94. The number of rotatable bonds is 5. The van der Waals surface area contributed by atoms with Crippen LogP contribution in [0.3, 0.4) is 0 Å². The highest BCUT2D eigenvalue weighted by molar-refractivity contribution is 6.00. The molecule has 1 atom stereocenters. The number of carbonyl (C=O) groups excluding carboxylic acids is 1. The molecule has 1 unspecified atom stereocenters. The van der Waals surface area contributed by atoms with E-state index < -0.39 is 0 Å². The SMILES string of the molecule is CC(NC(=O)c1ccccc1N=Cc1ccccc1O)c1ccccc1. The van der Waals surface area contributed by atoms with E-state index in [9.17, 15) is 9.90 Å². The number of aliphatic imine (C=N–C) groups is 1. The van der Waals surface area contributed by atoms with Crippen LogP contribution in [0.5, 0.6) is 5.75 Å². The molecule has 0 saturated heterocycles. The van der Waals surface area contributed by atoms with Crippen molar-refractivity contribution >= 4 is 17.8 Å². The van der Waals surface area contributed by atoms with Crippen molar-refractivity contribution in [2.45, 2.75) is 13.0 Å². The van der Waals surface area contributed by atoms with Crippen molar-refractivity contribution in [1.29, 1.82) is 0 Å². The van der Waals surface area contributed by atoms with Gasteiger partial charge in [0.2, 0.25) is 0 Å². The molecule has 0 radical (unpaired) electrons. The van der Waals surface area contributed by atoms with Crippen molar-refractivity contribution in [3.8, 4) is 5.75 Å². The lowest BCUT2D eigenvalue weighted by Gasteiger charge is -2.15. The summed E-state index contributed by atoms with van der Waals surface area (Å²) in [4.78, 5) is 17.1. The molecule has 3 aromatic carbocycles. The first-order valence-corrected chi connectivity index (χ1v) is 8.42. The van der Waals surface area contributed by atoms with Crippen LogP contribution in [0.4, 0.5) is 5.69 Å². The van der Waals surface area contributed by atoms with Gasteiger partial charge in [0.05, 0.1) is 17.3 Å². The third-order valence-electron chi connectivity index (χ3n) is 4.08. The van der Waals surface area contributed by atoms with Crippen LogP contribution in [-0.4, -0.2) is 17.2 Å². The van der Waals surface area contributed by atoms with E-state index >= 15 is 0 Å². The van der Waals surface area contributed by atoms with Crippen LogP contribution in [0, 0.1) is 0 Å². The fourth-order valence-electron chi connectivity index (χ4n) is 2.61. The first kappa shape index (κ1) is 17.4. The number of hydrogen-bond acceptors (Lipinski definition) is 3. The Morgan fingerprint density at radius 3 is 2.38 bits per heavy atom. The molecule has 0 bridgehead atoms. The molecule has 130 valence electrons. The largest absolute Gasteiger partial charge is 0.507 e. The summed E-state index contributed by atoms with van der Waals surface area (Å²) in [5.41, 5.74) is 2.67. The lowest BCUT2D eigenvalue weighted by atomic mass is 10.1. The van der Waals surface area contributed by atoms with Gasteiger partial charge in [-0.25, -0.2) is 0 Å². The van der Waals surface area contributed by atoms with Gasteiger partial charge < -0.3 is 10.4 Å². The maximum Gasteiger partial charge on any atom is 0.253 e. The summed E-state index contributed by atoms with van der Waals surface area (Å²) in [6.45, 7) is 1.95. The number of carbonyl (C=O) groups is 1. The fourth-order valence-corrected chi connectivity index (χ4v) is 2.61. The first-order chi connectivity index (χ1) is 12.6. The van der Waals surface area contributed by atoms with Crippen LogP contribution in [-0.2, 0) is 0 Å². The van der Waals surface area contributed by atoms with Crippen LogP contribution in [0.1, 0.15) is 34.5 Å². The zero-order valence-electron chi connectivity index (χ0n) is 14.5. The van der Waals surface area contributed by atoms with Gasteiger partial charge in [-0.15, -0.1) is 0 Å². The highest BCUT2D eigenvalue weighted by Gasteiger charge is 2.14. The van der Waals surface area contributed by atoms with Gasteiger partial charge in [0.15, 0.2) is 0 Å². The number of para-hydroxylation sites is 2. The van der Waals surface area contributed by atoms with Gasteiger partial charge in [0.25, 0.3) is 5.91 Å². The molecule has 4 nitrogen and oxygen atoms in total. The average Bonchev–Trinajstić information content (AvgIpc) is 2.68. The Morgan fingerprint density at radius 2 is 1.62 bits per heavy atom. The standard InChI is InChI=1S/C22H20N2O2/c1-16(17-9-3-2-4-10-17)24-22(26)19-12-6-7-13-20(19)23-15-18-11-5-8-14-21(18)25/h2-16,25H,1H3,(H,24,26). The van der Waals surface area contributed by atoms with E-state index in [0.717, 1.165) is 5.56 Å². The Bertz CT molecular complexity index is 920. The zero-order chi connectivity index (χ0) is 18.4. The number of nitrogens with zero attached hydrogens (tertiary/aromatic N) is 1. The van der Waals surface area contributed by atoms with Crippen molar-refractivity contribution in [3.05, 3.63) is 95.6 Å². The fraction of sp³-hybridized carbons (Fsp3) is 0.0909. The summed E-state index contributed by atoms with van der Waals surface area (Å²) < 4.78 is 0. The van der Waals surface area contributed by atoms with E-state index in [1.165, 1.54) is 0 Å². The monoisotopic (exact) mass is 344 g/mol. The first-order valence-electron chi connectivity index (χ1n) is 8.42. The zero-order valence-corrected chi connectivity index (χ0v) is 14.5. The van der Waals surface area contributed by atoms with Gasteiger partial charge in [-0.05, 0) is 36.8 Å². The van der Waals surface area contributed by atoms with Crippen molar-refractivity contribution in [1.82, 2.24) is 5.32 Å². The van der Waals surface area contributed by atoms with Crippen LogP contribution in [0.2, 0.25) is 0 Å². The summed E-state index contributed by atoms with van der Waals surface area (Å²) in [6, 6.07) is 23.8. The van der Waals surface area contributed by atoms with E-state index in [4.69, 9.17) is 0 Å². The van der Waals surface area contributed by atoms with E-state index in [0.29, 0.717) is 16.8 Å². The number of aromatic hydroxyl groups is 1. The molecule has 1 amide bonds. The average molecular weight is 344 g/mol. The molecule has 0 aliphatic heterocycles. The van der Waals surface area contributed by atoms with Crippen LogP contribution in [0.15, 0.2) is 83.9 Å². The quantitative estimate of drug-likeness (QED) is 0.663. The number of nitrogens with one attached hydrogen (secondary N) is 1. The van der Waals surface area contributed by atoms with Crippen molar-refractivity contribution < 1.29 is 9.90 Å². The Kier molecular flexibility index (Phi) is 5.44. The van der Waals surface area contributed by atoms with Crippen LogP contribution >= 0.6 is 0 Å². The Morgan fingerprint density at radius 1 is 0.962 bits per heavy atom. The molecule has 26 heavy (non-hydrogen) atoms. The summed E-state index contributed by atoms with van der Waals surface area (Å²) in [6.07, 6.45) is 1.56. The number of amides is 1. The molecule has 3 aromatic rings. The highest BCUT2D eigenvalue weighted by Crippen LogP contribution is 2.21. The van der Waals surface area contributed by atoms with Gasteiger partial charge in [0.1, 0.15) is 5.75 Å². The summed E-state index contributed by atoms with van der Waals surface area (Å²) in [5.74, 6) is -0.0396. The van der Waals surface area contributed by atoms with E-state index in [-0.39, 0.29) is 17.7 Å². The predicted molar refractivity (Wildman–Crippen MR) is 104 cm³/mol. The highest BCUT2D eigenvalue weighted by atomic mass is 16.3. The molecule has 0 spiro atoms. The molecule has 4 heteroatoms. The second-order valence-electron chi connectivity index (χ2n) is 5.94. The van der Waals surface area contributed by atoms with Crippen LogP contribution in [0.25, 0.3) is 0 Å². The minimum atomic E-state index is -0.189. The number of hydrogen-bond donors (Lipinski definition) is 2. The van der Waals surface area contributed by atoms with Crippen molar-refractivity contribution in [3.63, 3.8) is 0 Å². The lowest BCUT2D eigenvalue weighted by Crippen LogP contribution is -2.26. The van der Waals surface area contributed by atoms with Gasteiger partial charge >= 0.3 is 0 Å². The smallest absolute Gasteiger partial charge is 0.253 e. The normalized spacial score (nSPS) is 12.0. The van der Waals surface area contributed by atoms with Crippen molar-refractivity contribution in [2.24, 2.45) is 4.99 Å². The van der Waals surface area contributed by atoms with Crippen molar-refractivity contribution in [2.75, 3.05) is 0 Å². The van der Waals surface area contributed by atoms with E-state index in [1.807, 2.05) is 49.4 Å². The molecule has 0 aliphatic carbocycles.